The summed E-state index contributed by atoms with van der Waals surface area (Å²) in [4.78, 5) is 34.8. The molecule has 6 rings (SSSR count). The van der Waals surface area contributed by atoms with Crippen LogP contribution in [0.1, 0.15) is 85.6 Å². The zero-order chi connectivity index (χ0) is 47.2. The van der Waals surface area contributed by atoms with Crippen molar-refractivity contribution in [1.82, 2.24) is 9.97 Å². The van der Waals surface area contributed by atoms with Crippen LogP contribution in [0.5, 0.6) is 0 Å². The normalized spacial score (nSPS) is 16.8. The number of sulfone groups is 2. The average molecular weight is 996 g/mol. The Labute approximate surface area is 381 Å². The molecular formula is C46H54BrF3N2O10S2. The van der Waals surface area contributed by atoms with Crippen LogP contribution in [0.15, 0.2) is 99.5 Å². The highest BCUT2D eigenvalue weighted by Gasteiger charge is 2.55. The zero-order valence-corrected chi connectivity index (χ0v) is 39.9. The minimum absolute atomic E-state index is 0.00206. The summed E-state index contributed by atoms with van der Waals surface area (Å²) in [6.45, 7) is 10.9. The van der Waals surface area contributed by atoms with Gasteiger partial charge in [0.15, 0.2) is 29.2 Å². The number of ether oxygens (including phenoxy) is 4. The van der Waals surface area contributed by atoms with Crippen molar-refractivity contribution in [2.75, 3.05) is 26.4 Å². The molecule has 0 atom stereocenters. The molecule has 4 heterocycles. The molecule has 0 amide bonds. The number of aromatic nitrogens is 2. The Kier molecular flexibility index (Phi) is 15.9. The topological polar surface area (TPSA) is 165 Å². The van der Waals surface area contributed by atoms with Gasteiger partial charge in [0.2, 0.25) is 0 Å². The molecular weight excluding hydrogens is 942 g/mol. The summed E-state index contributed by atoms with van der Waals surface area (Å²) in [5.74, 6) is -1.49. The Hall–Kier alpha value is -4.23. The monoisotopic (exact) mass is 994 g/mol. The maximum Gasteiger partial charge on any atom is 0.389 e. The van der Waals surface area contributed by atoms with Gasteiger partial charge in [-0.3, -0.25) is 19.6 Å². The van der Waals surface area contributed by atoms with E-state index in [0.29, 0.717) is 16.8 Å². The van der Waals surface area contributed by atoms with E-state index >= 15 is 0 Å². The van der Waals surface area contributed by atoms with E-state index < -0.39 is 64.9 Å². The number of hydrogen-bond acceptors (Lipinski definition) is 12. The second-order valence-electron chi connectivity index (χ2n) is 17.7. The number of aryl methyl sites for hydroxylation is 1. The van der Waals surface area contributed by atoms with Crippen LogP contribution in [0.25, 0.3) is 22.5 Å². The van der Waals surface area contributed by atoms with Crippen molar-refractivity contribution in [3.05, 3.63) is 95.2 Å². The van der Waals surface area contributed by atoms with Gasteiger partial charge in [0.05, 0.1) is 21.2 Å². The van der Waals surface area contributed by atoms with Gasteiger partial charge in [-0.1, -0.05) is 30.3 Å². The van der Waals surface area contributed by atoms with Crippen molar-refractivity contribution in [3.8, 4) is 22.5 Å². The van der Waals surface area contributed by atoms with Gasteiger partial charge in [0, 0.05) is 86.5 Å². The van der Waals surface area contributed by atoms with Crippen molar-refractivity contribution in [3.63, 3.8) is 0 Å². The second-order valence-corrected chi connectivity index (χ2v) is 23.1. The van der Waals surface area contributed by atoms with Crippen LogP contribution in [0.4, 0.5) is 13.2 Å². The lowest BCUT2D eigenvalue weighted by molar-refractivity contribution is -0.161. The van der Waals surface area contributed by atoms with Crippen molar-refractivity contribution in [2.24, 2.45) is 0 Å². The molecule has 0 radical (unpaired) electrons. The number of carbonyl (C=O) groups excluding carboxylic acids is 2. The van der Waals surface area contributed by atoms with E-state index in [-0.39, 0.29) is 74.7 Å². The quantitative estimate of drug-likeness (QED) is 0.131. The number of halogens is 4. The molecule has 0 bridgehead atoms. The summed E-state index contributed by atoms with van der Waals surface area (Å²) < 4.78 is 111. The third-order valence-electron chi connectivity index (χ3n) is 10.6. The van der Waals surface area contributed by atoms with E-state index in [9.17, 15) is 39.6 Å². The lowest BCUT2D eigenvalue weighted by Gasteiger charge is -2.36. The highest BCUT2D eigenvalue weighted by atomic mass is 79.9. The van der Waals surface area contributed by atoms with Crippen LogP contribution >= 0.6 is 15.9 Å². The van der Waals surface area contributed by atoms with Gasteiger partial charge in [0.1, 0.15) is 11.2 Å². The first-order valence-corrected chi connectivity index (χ1v) is 24.5. The third-order valence-corrected chi connectivity index (χ3v) is 16.0. The van der Waals surface area contributed by atoms with Crippen LogP contribution in [0.3, 0.4) is 0 Å². The van der Waals surface area contributed by atoms with Crippen molar-refractivity contribution in [2.45, 2.75) is 123 Å². The molecule has 4 aromatic rings. The first-order valence-electron chi connectivity index (χ1n) is 20.7. The van der Waals surface area contributed by atoms with E-state index in [1.807, 2.05) is 12.1 Å². The van der Waals surface area contributed by atoms with Crippen LogP contribution in [0, 0.1) is 0 Å². The summed E-state index contributed by atoms with van der Waals surface area (Å²) in [7, 11) is -8.07. The summed E-state index contributed by atoms with van der Waals surface area (Å²) in [5, 5.41) is 0. The molecule has 64 heavy (non-hydrogen) atoms. The van der Waals surface area contributed by atoms with Gasteiger partial charge in [-0.05, 0) is 118 Å². The van der Waals surface area contributed by atoms with Crippen LogP contribution in [-0.4, -0.2) is 92.0 Å². The van der Waals surface area contributed by atoms with Gasteiger partial charge in [0.25, 0.3) is 0 Å². The molecule has 12 nitrogen and oxygen atoms in total. The van der Waals surface area contributed by atoms with Gasteiger partial charge in [-0.2, -0.15) is 13.2 Å². The van der Waals surface area contributed by atoms with Gasteiger partial charge >= 0.3 is 18.1 Å². The number of pyridine rings is 2. The number of alkyl halides is 3. The minimum atomic E-state index is -4.18. The minimum Gasteiger partial charge on any atom is -0.459 e. The predicted octanol–water partition coefficient (Wildman–Crippen LogP) is 9.47. The first-order chi connectivity index (χ1) is 29.8. The zero-order valence-electron chi connectivity index (χ0n) is 36.7. The van der Waals surface area contributed by atoms with E-state index in [1.54, 1.807) is 84.1 Å². The number of benzene rings is 2. The highest BCUT2D eigenvalue weighted by Crippen LogP contribution is 2.39. The van der Waals surface area contributed by atoms with E-state index in [0.717, 1.165) is 15.7 Å². The Morgan fingerprint density at radius 3 is 1.34 bits per heavy atom. The molecule has 2 fully saturated rings. The van der Waals surface area contributed by atoms with Crippen LogP contribution in [-0.2, 0) is 54.6 Å². The molecule has 2 aliphatic heterocycles. The van der Waals surface area contributed by atoms with Gasteiger partial charge < -0.3 is 18.9 Å². The molecule has 2 aromatic carbocycles. The third kappa shape index (κ3) is 12.4. The molecule has 348 valence electrons. The summed E-state index contributed by atoms with van der Waals surface area (Å²) in [5.41, 5.74) is 1.78. The van der Waals surface area contributed by atoms with E-state index in [2.05, 4.69) is 25.9 Å². The number of carbonyl (C=O) groups is 2. The average Bonchev–Trinajstić information content (AvgIpc) is 3.23. The molecule has 0 saturated carbocycles. The fourth-order valence-electron chi connectivity index (χ4n) is 7.15. The van der Waals surface area contributed by atoms with Crippen LogP contribution in [0.2, 0.25) is 0 Å². The lowest BCUT2D eigenvalue weighted by atomic mass is 9.99. The van der Waals surface area contributed by atoms with Crippen molar-refractivity contribution < 1.29 is 58.5 Å². The number of esters is 2. The number of hydrogen-bond donors (Lipinski definition) is 0. The largest absolute Gasteiger partial charge is 0.459 e. The molecule has 0 N–H and O–H groups in total. The van der Waals surface area contributed by atoms with Crippen LogP contribution < -0.4 is 0 Å². The summed E-state index contributed by atoms with van der Waals surface area (Å²) in [6.07, 6.45) is -1.42. The molecule has 2 saturated heterocycles. The van der Waals surface area contributed by atoms with Crippen molar-refractivity contribution >= 4 is 47.5 Å². The Bertz CT molecular complexity index is 2440. The maximum atomic E-state index is 13.6. The highest BCUT2D eigenvalue weighted by molar-refractivity contribution is 9.10. The predicted molar refractivity (Wildman–Crippen MR) is 238 cm³/mol. The molecule has 0 spiro atoms. The van der Waals surface area contributed by atoms with Gasteiger partial charge in [-0.25, -0.2) is 16.8 Å². The number of nitrogens with zero attached hydrogens (tertiary/aromatic N) is 2. The Morgan fingerprint density at radius 1 is 0.625 bits per heavy atom. The SMILES string of the molecule is CC(C)(C)OC(=O)C1(S(=O)(=O)c2ccc(-c3ccc(Br)cn3)cc2)CCOCC1.CC(C)(C)OC(=O)C1(S(=O)(=O)c2ccc(-c3ccc(CCCC(F)(F)F)cn3)cc2)CCOCC1. The maximum absolute atomic E-state index is 13.6. The number of rotatable bonds is 11. The van der Waals surface area contributed by atoms with E-state index in [4.69, 9.17) is 18.9 Å². The second kappa shape index (κ2) is 20.1. The molecule has 18 heteroatoms. The lowest BCUT2D eigenvalue weighted by Crippen LogP contribution is -2.53. The molecule has 2 aromatic heterocycles. The summed E-state index contributed by atoms with van der Waals surface area (Å²) >= 11 is 3.34. The Morgan fingerprint density at radius 2 is 1.02 bits per heavy atom. The Balaban J connectivity index is 0.000000245. The summed E-state index contributed by atoms with van der Waals surface area (Å²) in [6, 6.07) is 19.6. The first kappa shape index (κ1) is 50.8. The van der Waals surface area contributed by atoms with Gasteiger partial charge in [-0.15, -0.1) is 0 Å². The molecule has 0 aliphatic carbocycles. The molecule has 2 aliphatic rings. The standard InChI is InChI=1S/C25H30F3NO5S.C21H24BrNO5S/c1-23(2,3)34-22(30)24(13-15-33-16-14-24)35(31,32)20-9-7-19(8-10-20)21-11-6-18(17-29-21)5-4-12-25(26,27)28;1-20(2,3)28-19(24)21(10-12-27-13-11-21)29(25,26)17-7-4-15(5-8-17)18-9-6-16(22)14-23-18/h6-11,17H,4-5,12-16H2,1-3H3;4-9,14H,10-13H2,1-3H3. The van der Waals surface area contributed by atoms with E-state index in [1.165, 1.54) is 30.5 Å². The fraction of sp³-hybridized carbons (Fsp3) is 0.478. The van der Waals surface area contributed by atoms with Crippen molar-refractivity contribution in [1.29, 1.82) is 0 Å². The smallest absolute Gasteiger partial charge is 0.389 e. The molecule has 0 unspecified atom stereocenters. The fourth-order valence-corrected chi connectivity index (χ4v) is 11.2.